The van der Waals surface area contributed by atoms with E-state index < -0.39 is 0 Å². The van der Waals surface area contributed by atoms with Crippen LogP contribution in [0.25, 0.3) is 0 Å². The van der Waals surface area contributed by atoms with Gasteiger partial charge in [-0.3, -0.25) is 4.79 Å². The van der Waals surface area contributed by atoms with Crippen LogP contribution in [0.5, 0.6) is 0 Å². The van der Waals surface area contributed by atoms with Crippen molar-refractivity contribution < 1.29 is 4.79 Å². The van der Waals surface area contributed by atoms with E-state index in [0.717, 1.165) is 19.3 Å². The normalized spacial score (nSPS) is 15.5. The molecule has 0 aromatic carbocycles. The molecule has 1 unspecified atom stereocenters. The number of carbonyl (C=O) groups excluding carboxylic acids is 1. The maximum atomic E-state index is 11.7. The summed E-state index contributed by atoms with van der Waals surface area (Å²) in [5.41, 5.74) is -0.190. The van der Waals surface area contributed by atoms with Crippen molar-refractivity contribution in [1.82, 2.24) is 5.32 Å². The number of hydrogen-bond acceptors (Lipinski definition) is 1. The lowest BCUT2D eigenvalue weighted by atomic mass is 9.74. The standard InChI is InChI=1S/C11H23NO/c1-6-7-8-11(4,9(2)3)10(13)12-5/h9H,6-8H2,1-5H3,(H,12,13). The van der Waals surface area contributed by atoms with Crippen molar-refractivity contribution in [3.05, 3.63) is 0 Å². The van der Waals surface area contributed by atoms with E-state index in [2.05, 4.69) is 33.0 Å². The molecule has 0 aliphatic carbocycles. The predicted octanol–water partition coefficient (Wildman–Crippen LogP) is 2.58. The minimum atomic E-state index is -0.190. The van der Waals surface area contributed by atoms with Crippen molar-refractivity contribution in [2.24, 2.45) is 11.3 Å². The molecule has 2 heteroatoms. The second kappa shape index (κ2) is 5.25. The second-order valence-corrected chi connectivity index (χ2v) is 4.25. The van der Waals surface area contributed by atoms with Crippen LogP contribution in [-0.2, 0) is 4.79 Å². The molecule has 0 radical (unpaired) electrons. The Kier molecular flexibility index (Phi) is 5.04. The van der Waals surface area contributed by atoms with Crippen LogP contribution in [0, 0.1) is 11.3 Å². The van der Waals surface area contributed by atoms with Crippen molar-refractivity contribution in [2.75, 3.05) is 7.05 Å². The van der Waals surface area contributed by atoms with Gasteiger partial charge in [0.2, 0.25) is 5.91 Å². The molecule has 0 rings (SSSR count). The molecule has 0 saturated carbocycles. The molecule has 0 bridgehead atoms. The molecule has 0 saturated heterocycles. The molecule has 2 nitrogen and oxygen atoms in total. The smallest absolute Gasteiger partial charge is 0.225 e. The molecule has 0 spiro atoms. The van der Waals surface area contributed by atoms with Crippen molar-refractivity contribution in [3.63, 3.8) is 0 Å². The number of carbonyl (C=O) groups is 1. The average molecular weight is 185 g/mol. The van der Waals surface area contributed by atoms with Crippen LogP contribution in [0.1, 0.15) is 47.0 Å². The van der Waals surface area contributed by atoms with Crippen LogP contribution in [0.3, 0.4) is 0 Å². The van der Waals surface area contributed by atoms with Gasteiger partial charge in [-0.2, -0.15) is 0 Å². The summed E-state index contributed by atoms with van der Waals surface area (Å²) in [6.07, 6.45) is 3.27. The number of amides is 1. The summed E-state index contributed by atoms with van der Waals surface area (Å²) in [6, 6.07) is 0. The van der Waals surface area contributed by atoms with Gasteiger partial charge in [0.1, 0.15) is 0 Å². The van der Waals surface area contributed by atoms with Crippen LogP contribution >= 0.6 is 0 Å². The Hall–Kier alpha value is -0.530. The van der Waals surface area contributed by atoms with Gasteiger partial charge in [-0.15, -0.1) is 0 Å². The first kappa shape index (κ1) is 12.5. The Bertz CT molecular complexity index is 165. The fourth-order valence-corrected chi connectivity index (χ4v) is 1.49. The van der Waals surface area contributed by atoms with Gasteiger partial charge in [-0.05, 0) is 12.3 Å². The number of unbranched alkanes of at least 4 members (excludes halogenated alkanes) is 1. The fraction of sp³-hybridized carbons (Fsp3) is 0.909. The summed E-state index contributed by atoms with van der Waals surface area (Å²) < 4.78 is 0. The lowest BCUT2D eigenvalue weighted by Gasteiger charge is -2.31. The predicted molar refractivity (Wildman–Crippen MR) is 56.5 cm³/mol. The van der Waals surface area contributed by atoms with E-state index in [0.29, 0.717) is 5.92 Å². The molecule has 0 aliphatic rings. The molecule has 1 atom stereocenters. The zero-order valence-corrected chi connectivity index (χ0v) is 9.61. The first-order valence-corrected chi connectivity index (χ1v) is 5.21. The second-order valence-electron chi connectivity index (χ2n) is 4.25. The summed E-state index contributed by atoms with van der Waals surface area (Å²) in [5.74, 6) is 0.579. The van der Waals surface area contributed by atoms with Gasteiger partial charge in [0.25, 0.3) is 0 Å². The summed E-state index contributed by atoms with van der Waals surface area (Å²) in [6.45, 7) is 8.45. The highest BCUT2D eigenvalue weighted by molar-refractivity contribution is 5.82. The highest BCUT2D eigenvalue weighted by atomic mass is 16.2. The maximum absolute atomic E-state index is 11.7. The molecule has 0 heterocycles. The Morgan fingerprint density at radius 1 is 1.46 bits per heavy atom. The van der Waals surface area contributed by atoms with Gasteiger partial charge >= 0.3 is 0 Å². The van der Waals surface area contributed by atoms with Gasteiger partial charge in [-0.25, -0.2) is 0 Å². The lowest BCUT2D eigenvalue weighted by molar-refractivity contribution is -0.132. The third-order valence-electron chi connectivity index (χ3n) is 3.07. The summed E-state index contributed by atoms with van der Waals surface area (Å²) in [5, 5.41) is 2.76. The minimum absolute atomic E-state index is 0.177. The molecular formula is C11H23NO. The van der Waals surface area contributed by atoms with E-state index in [9.17, 15) is 4.79 Å². The highest BCUT2D eigenvalue weighted by Crippen LogP contribution is 2.32. The summed E-state index contributed by atoms with van der Waals surface area (Å²) >= 11 is 0. The average Bonchev–Trinajstić information content (AvgIpc) is 2.12. The molecule has 0 aromatic rings. The van der Waals surface area contributed by atoms with E-state index in [1.807, 2.05) is 0 Å². The molecule has 0 aromatic heterocycles. The third kappa shape index (κ3) is 3.02. The highest BCUT2D eigenvalue weighted by Gasteiger charge is 2.34. The molecule has 78 valence electrons. The van der Waals surface area contributed by atoms with Crippen LogP contribution in [0.2, 0.25) is 0 Å². The monoisotopic (exact) mass is 185 g/mol. The van der Waals surface area contributed by atoms with Gasteiger partial charge in [-0.1, -0.05) is 40.5 Å². The quantitative estimate of drug-likeness (QED) is 0.701. The van der Waals surface area contributed by atoms with E-state index in [1.54, 1.807) is 7.05 Å². The molecule has 0 aliphatic heterocycles. The van der Waals surface area contributed by atoms with Gasteiger partial charge in [0.05, 0.1) is 0 Å². The zero-order chi connectivity index (χ0) is 10.5. The first-order chi connectivity index (χ1) is 5.99. The zero-order valence-electron chi connectivity index (χ0n) is 9.61. The fourth-order valence-electron chi connectivity index (χ4n) is 1.49. The van der Waals surface area contributed by atoms with E-state index >= 15 is 0 Å². The van der Waals surface area contributed by atoms with Gasteiger partial charge in [0.15, 0.2) is 0 Å². The Morgan fingerprint density at radius 3 is 2.31 bits per heavy atom. The van der Waals surface area contributed by atoms with Crippen molar-refractivity contribution in [2.45, 2.75) is 47.0 Å². The molecule has 1 amide bonds. The van der Waals surface area contributed by atoms with E-state index in [1.165, 1.54) is 0 Å². The first-order valence-electron chi connectivity index (χ1n) is 5.21. The van der Waals surface area contributed by atoms with Crippen LogP contribution in [0.4, 0.5) is 0 Å². The molecule has 13 heavy (non-hydrogen) atoms. The van der Waals surface area contributed by atoms with Crippen molar-refractivity contribution >= 4 is 5.91 Å². The summed E-state index contributed by atoms with van der Waals surface area (Å²) in [4.78, 5) is 11.7. The Balaban J connectivity index is 4.43. The topological polar surface area (TPSA) is 29.1 Å². The van der Waals surface area contributed by atoms with Gasteiger partial charge in [0, 0.05) is 12.5 Å². The van der Waals surface area contributed by atoms with Crippen LogP contribution in [-0.4, -0.2) is 13.0 Å². The van der Waals surface area contributed by atoms with Crippen LogP contribution < -0.4 is 5.32 Å². The lowest BCUT2D eigenvalue weighted by Crippen LogP contribution is -2.40. The van der Waals surface area contributed by atoms with Crippen LogP contribution in [0.15, 0.2) is 0 Å². The van der Waals surface area contributed by atoms with E-state index in [-0.39, 0.29) is 11.3 Å². The van der Waals surface area contributed by atoms with Crippen molar-refractivity contribution in [3.8, 4) is 0 Å². The maximum Gasteiger partial charge on any atom is 0.225 e. The molecule has 1 N–H and O–H groups in total. The summed E-state index contributed by atoms with van der Waals surface area (Å²) in [7, 11) is 1.72. The largest absolute Gasteiger partial charge is 0.359 e. The molecular weight excluding hydrogens is 162 g/mol. The van der Waals surface area contributed by atoms with Crippen molar-refractivity contribution in [1.29, 1.82) is 0 Å². The number of rotatable bonds is 5. The third-order valence-corrected chi connectivity index (χ3v) is 3.07. The Labute approximate surface area is 82.1 Å². The molecule has 0 fully saturated rings. The number of hydrogen-bond donors (Lipinski definition) is 1. The van der Waals surface area contributed by atoms with Gasteiger partial charge < -0.3 is 5.32 Å². The SMILES string of the molecule is CCCCC(C)(C(=O)NC)C(C)C. The minimum Gasteiger partial charge on any atom is -0.359 e. The Morgan fingerprint density at radius 2 is 2.00 bits per heavy atom. The van der Waals surface area contributed by atoms with E-state index in [4.69, 9.17) is 0 Å². The number of nitrogens with one attached hydrogen (secondary N) is 1.